The summed E-state index contributed by atoms with van der Waals surface area (Å²) in [6, 6.07) is 0.621. The molecule has 1 atom stereocenters. The second-order valence-corrected chi connectivity index (χ2v) is 4.56. The third-order valence-electron chi connectivity index (χ3n) is 3.51. The van der Waals surface area contributed by atoms with Crippen molar-refractivity contribution in [3.63, 3.8) is 0 Å². The van der Waals surface area contributed by atoms with Gasteiger partial charge in [0.25, 0.3) is 0 Å². The first kappa shape index (κ1) is 13.9. The quantitative estimate of drug-likeness (QED) is 0.743. The molecule has 0 radical (unpaired) electrons. The van der Waals surface area contributed by atoms with E-state index in [2.05, 4.69) is 16.7 Å². The number of nitrogens with two attached hydrogens (primary N) is 1. The van der Waals surface area contributed by atoms with Gasteiger partial charge in [-0.3, -0.25) is 9.80 Å². The van der Waals surface area contributed by atoms with E-state index in [0.29, 0.717) is 12.6 Å². The summed E-state index contributed by atoms with van der Waals surface area (Å²) in [7, 11) is 0. The smallest absolute Gasteiger partial charge is 0.102 e. The summed E-state index contributed by atoms with van der Waals surface area (Å²) in [5.41, 5.74) is 5.64. The number of halogens is 1. The summed E-state index contributed by atoms with van der Waals surface area (Å²) in [4.78, 5) is 4.76. The van der Waals surface area contributed by atoms with Gasteiger partial charge in [0.15, 0.2) is 0 Å². The third-order valence-corrected chi connectivity index (χ3v) is 3.51. The molecule has 1 fully saturated rings. The van der Waals surface area contributed by atoms with Gasteiger partial charge >= 0.3 is 0 Å². The van der Waals surface area contributed by atoms with Crippen molar-refractivity contribution in [2.45, 2.75) is 32.2 Å². The monoisotopic (exact) mass is 231 g/mol. The van der Waals surface area contributed by atoms with Crippen molar-refractivity contribution in [2.75, 3.05) is 45.9 Å². The van der Waals surface area contributed by atoms with E-state index in [-0.39, 0.29) is 6.67 Å². The van der Waals surface area contributed by atoms with Crippen molar-refractivity contribution in [3.8, 4) is 0 Å². The lowest BCUT2D eigenvalue weighted by Gasteiger charge is -2.29. The van der Waals surface area contributed by atoms with E-state index >= 15 is 0 Å². The van der Waals surface area contributed by atoms with Crippen LogP contribution in [0.2, 0.25) is 0 Å². The maximum Gasteiger partial charge on any atom is 0.102 e. The number of nitrogens with zero attached hydrogens (tertiary/aromatic N) is 2. The van der Waals surface area contributed by atoms with Crippen molar-refractivity contribution >= 4 is 0 Å². The van der Waals surface area contributed by atoms with Gasteiger partial charge in [-0.05, 0) is 38.9 Å². The Morgan fingerprint density at radius 3 is 2.69 bits per heavy atom. The summed E-state index contributed by atoms with van der Waals surface area (Å²) >= 11 is 0. The molecule has 96 valence electrons. The molecule has 1 aliphatic heterocycles. The molecule has 1 aliphatic rings. The fourth-order valence-corrected chi connectivity index (χ4v) is 2.54. The standard InChI is InChI=1S/C12H26FN3/c1-2-12(4-6-14)16-8-3-7-15(9-5-13)10-11-16/h12H,2-11,14H2,1H3. The summed E-state index contributed by atoms with van der Waals surface area (Å²) < 4.78 is 12.3. The average molecular weight is 231 g/mol. The molecule has 16 heavy (non-hydrogen) atoms. The second kappa shape index (κ2) is 7.98. The minimum atomic E-state index is -0.222. The maximum atomic E-state index is 12.3. The maximum absolute atomic E-state index is 12.3. The molecule has 0 aromatic rings. The van der Waals surface area contributed by atoms with Crippen molar-refractivity contribution in [1.82, 2.24) is 9.80 Å². The second-order valence-electron chi connectivity index (χ2n) is 4.56. The summed E-state index contributed by atoms with van der Waals surface area (Å²) in [6.07, 6.45) is 3.40. The van der Waals surface area contributed by atoms with Gasteiger partial charge in [0.05, 0.1) is 0 Å². The van der Waals surface area contributed by atoms with Gasteiger partial charge in [-0.2, -0.15) is 0 Å². The van der Waals surface area contributed by atoms with Crippen LogP contribution in [0.1, 0.15) is 26.2 Å². The Bertz CT molecular complexity index is 178. The van der Waals surface area contributed by atoms with E-state index in [4.69, 9.17) is 5.73 Å². The molecule has 0 aliphatic carbocycles. The Labute approximate surface area is 98.8 Å². The van der Waals surface area contributed by atoms with Gasteiger partial charge < -0.3 is 5.73 Å². The van der Waals surface area contributed by atoms with E-state index in [1.807, 2.05) is 0 Å². The molecule has 0 bridgehead atoms. The molecule has 1 saturated heterocycles. The molecular weight excluding hydrogens is 205 g/mol. The van der Waals surface area contributed by atoms with Crippen LogP contribution in [0.3, 0.4) is 0 Å². The Kier molecular flexibility index (Phi) is 6.92. The molecule has 0 spiro atoms. The van der Waals surface area contributed by atoms with Crippen molar-refractivity contribution in [2.24, 2.45) is 5.73 Å². The zero-order chi connectivity index (χ0) is 11.8. The highest BCUT2D eigenvalue weighted by Gasteiger charge is 2.19. The van der Waals surface area contributed by atoms with Gasteiger partial charge in [0, 0.05) is 25.7 Å². The molecular formula is C12H26FN3. The normalized spacial score (nSPS) is 21.9. The number of hydrogen-bond donors (Lipinski definition) is 1. The molecule has 4 heteroatoms. The molecule has 0 saturated carbocycles. The highest BCUT2D eigenvalue weighted by molar-refractivity contribution is 4.76. The van der Waals surface area contributed by atoms with Crippen LogP contribution in [-0.4, -0.2) is 61.8 Å². The topological polar surface area (TPSA) is 32.5 Å². The van der Waals surface area contributed by atoms with E-state index < -0.39 is 0 Å². The van der Waals surface area contributed by atoms with Crippen LogP contribution in [0.5, 0.6) is 0 Å². The van der Waals surface area contributed by atoms with Crippen LogP contribution in [0.15, 0.2) is 0 Å². The lowest BCUT2D eigenvalue weighted by molar-refractivity contribution is 0.183. The Hall–Kier alpha value is -0.190. The molecule has 0 aromatic carbocycles. The lowest BCUT2D eigenvalue weighted by atomic mass is 10.1. The van der Waals surface area contributed by atoms with Crippen LogP contribution < -0.4 is 5.73 Å². The minimum Gasteiger partial charge on any atom is -0.330 e. The lowest BCUT2D eigenvalue weighted by Crippen LogP contribution is -2.39. The van der Waals surface area contributed by atoms with Gasteiger partial charge in [0.1, 0.15) is 6.67 Å². The molecule has 0 amide bonds. The predicted molar refractivity (Wildman–Crippen MR) is 66.4 cm³/mol. The Balaban J connectivity index is 2.38. The van der Waals surface area contributed by atoms with Crippen LogP contribution in [0, 0.1) is 0 Å². The van der Waals surface area contributed by atoms with Gasteiger partial charge in [0.2, 0.25) is 0 Å². The number of hydrogen-bond acceptors (Lipinski definition) is 3. The summed E-state index contributed by atoms with van der Waals surface area (Å²) in [6.45, 7) is 7.62. The molecule has 1 rings (SSSR count). The first-order chi connectivity index (χ1) is 7.81. The third kappa shape index (κ3) is 4.36. The first-order valence-corrected chi connectivity index (χ1v) is 6.54. The van der Waals surface area contributed by atoms with Crippen molar-refractivity contribution in [3.05, 3.63) is 0 Å². The van der Waals surface area contributed by atoms with Gasteiger partial charge in [-0.25, -0.2) is 4.39 Å². The zero-order valence-corrected chi connectivity index (χ0v) is 10.5. The van der Waals surface area contributed by atoms with E-state index in [1.54, 1.807) is 0 Å². The van der Waals surface area contributed by atoms with E-state index in [1.165, 1.54) is 6.42 Å². The van der Waals surface area contributed by atoms with Crippen LogP contribution in [0.25, 0.3) is 0 Å². The predicted octanol–water partition coefficient (Wildman–Crippen LogP) is 1.09. The van der Waals surface area contributed by atoms with Gasteiger partial charge in [-0.1, -0.05) is 6.92 Å². The number of rotatable bonds is 6. The van der Waals surface area contributed by atoms with Gasteiger partial charge in [-0.15, -0.1) is 0 Å². The van der Waals surface area contributed by atoms with Crippen LogP contribution in [-0.2, 0) is 0 Å². The Morgan fingerprint density at radius 2 is 2.06 bits per heavy atom. The first-order valence-electron chi connectivity index (χ1n) is 6.54. The van der Waals surface area contributed by atoms with E-state index in [0.717, 1.165) is 45.6 Å². The highest BCUT2D eigenvalue weighted by atomic mass is 19.1. The molecule has 2 N–H and O–H groups in total. The zero-order valence-electron chi connectivity index (χ0n) is 10.5. The van der Waals surface area contributed by atoms with Crippen LogP contribution in [0.4, 0.5) is 4.39 Å². The summed E-state index contributed by atoms with van der Waals surface area (Å²) in [5, 5.41) is 0. The number of alkyl halides is 1. The fourth-order valence-electron chi connectivity index (χ4n) is 2.54. The average Bonchev–Trinajstić information content (AvgIpc) is 2.52. The fraction of sp³-hybridized carbons (Fsp3) is 1.00. The highest BCUT2D eigenvalue weighted by Crippen LogP contribution is 2.12. The minimum absolute atomic E-state index is 0.222. The largest absolute Gasteiger partial charge is 0.330 e. The molecule has 3 nitrogen and oxygen atoms in total. The molecule has 1 heterocycles. The molecule has 1 unspecified atom stereocenters. The Morgan fingerprint density at radius 1 is 1.25 bits per heavy atom. The van der Waals surface area contributed by atoms with E-state index in [9.17, 15) is 4.39 Å². The SMILES string of the molecule is CCC(CCN)N1CCCN(CCF)CC1. The summed E-state index contributed by atoms with van der Waals surface area (Å²) in [5.74, 6) is 0. The molecule has 0 aromatic heterocycles. The van der Waals surface area contributed by atoms with Crippen molar-refractivity contribution in [1.29, 1.82) is 0 Å². The van der Waals surface area contributed by atoms with Crippen molar-refractivity contribution < 1.29 is 4.39 Å². The van der Waals surface area contributed by atoms with Crippen LogP contribution >= 0.6 is 0 Å².